The van der Waals surface area contributed by atoms with Crippen molar-refractivity contribution in [2.45, 2.75) is 39.2 Å². The summed E-state index contributed by atoms with van der Waals surface area (Å²) in [4.78, 5) is 12.6. The lowest BCUT2D eigenvalue weighted by Crippen LogP contribution is -2.42. The van der Waals surface area contributed by atoms with Gasteiger partial charge in [-0.2, -0.15) is 0 Å². The van der Waals surface area contributed by atoms with Crippen LogP contribution in [0, 0.1) is 28.4 Å². The summed E-state index contributed by atoms with van der Waals surface area (Å²) in [7, 11) is 0. The highest BCUT2D eigenvalue weighted by molar-refractivity contribution is 7.97. The van der Waals surface area contributed by atoms with Gasteiger partial charge in [0.05, 0.1) is 6.04 Å². The molecule has 5 heteroatoms. The van der Waals surface area contributed by atoms with Gasteiger partial charge in [-0.15, -0.1) is 0 Å². The summed E-state index contributed by atoms with van der Waals surface area (Å²) < 4.78 is 28.2. The van der Waals surface area contributed by atoms with E-state index in [1.165, 1.54) is 25.0 Å². The zero-order valence-electron chi connectivity index (χ0n) is 13.9. The molecule has 1 aromatic carbocycles. The second-order valence-corrected chi connectivity index (χ2v) is 8.75. The molecule has 1 unspecified atom stereocenters. The molecule has 128 valence electrons. The molecule has 2 aliphatic carbocycles. The Hall–Kier alpha value is -1.36. The predicted molar refractivity (Wildman–Crippen MR) is 92.0 cm³/mol. The van der Waals surface area contributed by atoms with Crippen LogP contribution in [0.3, 0.4) is 0 Å². The van der Waals surface area contributed by atoms with Crippen LogP contribution in [-0.2, 0) is 4.79 Å². The highest BCUT2D eigenvalue weighted by Crippen LogP contribution is 2.71. The van der Waals surface area contributed by atoms with Crippen molar-refractivity contribution in [2.75, 3.05) is 5.75 Å². The number of benzene rings is 1. The van der Waals surface area contributed by atoms with E-state index in [9.17, 15) is 13.6 Å². The van der Waals surface area contributed by atoms with Gasteiger partial charge in [-0.05, 0) is 66.3 Å². The van der Waals surface area contributed by atoms with Crippen molar-refractivity contribution in [3.05, 3.63) is 41.5 Å². The molecule has 2 bridgehead atoms. The normalized spacial score (nSPS) is 33.4. The van der Waals surface area contributed by atoms with Gasteiger partial charge in [0.1, 0.15) is 0 Å². The fourth-order valence-corrected chi connectivity index (χ4v) is 6.78. The molecule has 1 spiro atoms. The average Bonchev–Trinajstić information content (AvgIpc) is 3.12. The third-order valence-electron chi connectivity index (χ3n) is 6.71. The summed E-state index contributed by atoms with van der Waals surface area (Å²) in [5, 5.41) is 0. The number of rotatable bonds is 2. The van der Waals surface area contributed by atoms with E-state index in [0.717, 1.165) is 24.3 Å². The fraction of sp³-hybridized carbons (Fsp3) is 0.526. The van der Waals surface area contributed by atoms with Crippen molar-refractivity contribution in [3.63, 3.8) is 0 Å². The Bertz CT molecular complexity index is 732. The number of halogens is 2. The van der Waals surface area contributed by atoms with Crippen molar-refractivity contribution in [3.8, 4) is 0 Å². The highest BCUT2D eigenvalue weighted by atomic mass is 32.2. The van der Waals surface area contributed by atoms with Crippen LogP contribution in [0.15, 0.2) is 24.3 Å². The molecule has 2 nitrogen and oxygen atoms in total. The van der Waals surface area contributed by atoms with Gasteiger partial charge < -0.3 is 0 Å². The largest absolute Gasteiger partial charge is 0.279 e. The molecule has 0 radical (unpaired) electrons. The molecule has 3 aliphatic rings. The Kier molecular flexibility index (Phi) is 3.57. The Labute approximate surface area is 145 Å². The first kappa shape index (κ1) is 16.1. The molecule has 1 aliphatic heterocycles. The number of carbonyl (C=O) groups excluding carboxylic acids is 1. The first-order chi connectivity index (χ1) is 11.3. The lowest BCUT2D eigenvalue weighted by molar-refractivity contribution is -0.123. The third kappa shape index (κ3) is 2.10. The maximum Gasteiger partial charge on any atom is 0.256 e. The molecule has 0 aromatic heterocycles. The predicted octanol–water partition coefficient (Wildman–Crippen LogP) is 4.66. The second kappa shape index (κ2) is 5.32. The van der Waals surface area contributed by atoms with Gasteiger partial charge >= 0.3 is 0 Å². The van der Waals surface area contributed by atoms with E-state index in [4.69, 9.17) is 0 Å². The molecule has 1 aromatic rings. The Morgan fingerprint density at radius 1 is 1.33 bits per heavy atom. The Morgan fingerprint density at radius 3 is 2.83 bits per heavy atom. The Morgan fingerprint density at radius 2 is 2.12 bits per heavy atom. The molecule has 3 fully saturated rings. The molecule has 24 heavy (non-hydrogen) atoms. The first-order valence-electron chi connectivity index (χ1n) is 8.44. The number of carbonyl (C=O) groups is 1. The summed E-state index contributed by atoms with van der Waals surface area (Å²) in [5.41, 5.74) is 1.03. The van der Waals surface area contributed by atoms with Crippen molar-refractivity contribution < 1.29 is 13.6 Å². The van der Waals surface area contributed by atoms with Crippen LogP contribution in [-0.4, -0.2) is 22.0 Å². The van der Waals surface area contributed by atoms with E-state index < -0.39 is 11.6 Å². The van der Waals surface area contributed by atoms with Gasteiger partial charge in [-0.1, -0.05) is 19.9 Å². The van der Waals surface area contributed by atoms with E-state index >= 15 is 0 Å². The van der Waals surface area contributed by atoms with E-state index in [2.05, 4.69) is 13.8 Å². The number of nitrogens with zero attached hydrogens (tertiary/aromatic N) is 1. The number of hydrogen-bond donors (Lipinski definition) is 0. The summed E-state index contributed by atoms with van der Waals surface area (Å²) in [6, 6.07) is 3.97. The fourth-order valence-electron chi connectivity index (χ4n) is 5.05. The SMILES string of the molecule is CC1(C)C2CC[C@]13CSN(C(=O)/C=C/c1ccc(F)c(F)c1)[C@@H]3C2. The third-order valence-corrected chi connectivity index (χ3v) is 8.07. The maximum atomic E-state index is 13.3. The van der Waals surface area contributed by atoms with E-state index in [-0.39, 0.29) is 11.3 Å². The number of hydrogen-bond acceptors (Lipinski definition) is 2. The maximum absolute atomic E-state index is 13.3. The molecular formula is C19H21F2NOS. The molecule has 2 saturated carbocycles. The minimum absolute atomic E-state index is 0.0463. The molecule has 1 saturated heterocycles. The summed E-state index contributed by atoms with van der Waals surface area (Å²) in [5.74, 6) is -0.108. The summed E-state index contributed by atoms with van der Waals surface area (Å²) in [6.07, 6.45) is 6.62. The van der Waals surface area contributed by atoms with Crippen LogP contribution < -0.4 is 0 Å². The number of amides is 1. The van der Waals surface area contributed by atoms with Crippen molar-refractivity contribution in [1.29, 1.82) is 0 Å². The van der Waals surface area contributed by atoms with Crippen LogP contribution in [0.4, 0.5) is 8.78 Å². The van der Waals surface area contributed by atoms with Gasteiger partial charge in [-0.3, -0.25) is 9.10 Å². The van der Waals surface area contributed by atoms with E-state index in [1.807, 2.05) is 4.31 Å². The monoisotopic (exact) mass is 349 g/mol. The van der Waals surface area contributed by atoms with Crippen LogP contribution in [0.5, 0.6) is 0 Å². The lowest BCUT2D eigenvalue weighted by Gasteiger charge is -2.37. The van der Waals surface area contributed by atoms with E-state index in [0.29, 0.717) is 22.9 Å². The minimum Gasteiger partial charge on any atom is -0.279 e. The smallest absolute Gasteiger partial charge is 0.256 e. The summed E-state index contributed by atoms with van der Waals surface area (Å²) in [6.45, 7) is 4.71. The topological polar surface area (TPSA) is 20.3 Å². The standard InChI is InChI=1S/C19H21F2NOS/c1-18(2)13-7-8-19(18)11-24-22(16(19)10-13)17(23)6-4-12-3-5-14(20)15(21)9-12/h3-6,9,13,16H,7-8,10-11H2,1-2H3/b6-4+/t13?,16-,19-/m1/s1. The van der Waals surface area contributed by atoms with Gasteiger partial charge in [0.25, 0.3) is 5.91 Å². The highest BCUT2D eigenvalue weighted by Gasteiger charge is 2.68. The van der Waals surface area contributed by atoms with Gasteiger partial charge in [0.2, 0.25) is 0 Å². The van der Waals surface area contributed by atoms with Crippen molar-refractivity contribution in [1.82, 2.24) is 4.31 Å². The van der Waals surface area contributed by atoms with Crippen molar-refractivity contribution >= 4 is 23.9 Å². The van der Waals surface area contributed by atoms with Crippen LogP contribution in [0.2, 0.25) is 0 Å². The number of fused-ring (bicyclic) bond motifs is 1. The van der Waals surface area contributed by atoms with Crippen LogP contribution in [0.25, 0.3) is 6.08 Å². The van der Waals surface area contributed by atoms with Gasteiger partial charge in [0.15, 0.2) is 11.6 Å². The van der Waals surface area contributed by atoms with Crippen LogP contribution in [0.1, 0.15) is 38.7 Å². The molecule has 1 amide bonds. The second-order valence-electron chi connectivity index (χ2n) is 7.81. The quantitative estimate of drug-likeness (QED) is 0.571. The average molecular weight is 349 g/mol. The molecule has 0 N–H and O–H groups in total. The Balaban J connectivity index is 1.52. The van der Waals surface area contributed by atoms with E-state index in [1.54, 1.807) is 18.0 Å². The van der Waals surface area contributed by atoms with Gasteiger partial charge in [-0.25, -0.2) is 8.78 Å². The van der Waals surface area contributed by atoms with Crippen molar-refractivity contribution in [2.24, 2.45) is 16.7 Å². The van der Waals surface area contributed by atoms with Crippen LogP contribution >= 0.6 is 11.9 Å². The van der Waals surface area contributed by atoms with Gasteiger partial charge in [0, 0.05) is 17.2 Å². The summed E-state index contributed by atoms with van der Waals surface area (Å²) >= 11 is 1.63. The molecule has 4 rings (SSSR count). The minimum atomic E-state index is -0.894. The molecule has 1 heterocycles. The zero-order valence-corrected chi connectivity index (χ0v) is 14.7. The molecule has 3 atom stereocenters. The first-order valence-corrected chi connectivity index (χ1v) is 9.39. The zero-order chi connectivity index (χ0) is 17.1. The molecular weight excluding hydrogens is 328 g/mol. The lowest BCUT2D eigenvalue weighted by atomic mass is 9.69.